The van der Waals surface area contributed by atoms with Gasteiger partial charge in [-0.05, 0) is 0 Å². The molecular formula is H3KMnO3. The Hall–Kier alpha value is 1.72. The standard InChI is InChI=1S/K.Mn.H2O.2O.H/h;;1H2;;;/q+1;;;;;-1. The van der Waals surface area contributed by atoms with Crippen molar-refractivity contribution in [3.8, 4) is 0 Å². The third kappa shape index (κ3) is 26.8. The summed E-state index contributed by atoms with van der Waals surface area (Å²) >= 11 is -1.44. The molecule has 0 atom stereocenters. The molecule has 2 N–H and O–H groups in total. The van der Waals surface area contributed by atoms with Crippen LogP contribution in [-0.2, 0) is 22.5 Å². The Kier molecular flexibility index (Phi) is 54.8. The molecule has 0 bridgehead atoms. The molecule has 0 aliphatic rings. The van der Waals surface area contributed by atoms with Gasteiger partial charge in [0.1, 0.15) is 0 Å². The molecule has 0 heterocycles. The molecule has 0 aliphatic carbocycles. The molecule has 0 fully saturated rings. The molecular weight excluding hydrogens is 142 g/mol. The van der Waals surface area contributed by atoms with Gasteiger partial charge in [-0.1, -0.05) is 0 Å². The first-order valence-electron chi connectivity index (χ1n) is 0.309. The van der Waals surface area contributed by atoms with Gasteiger partial charge in [0.15, 0.2) is 0 Å². The summed E-state index contributed by atoms with van der Waals surface area (Å²) in [6.45, 7) is 0. The molecule has 0 saturated heterocycles. The van der Waals surface area contributed by atoms with Crippen LogP contribution in [0.1, 0.15) is 1.43 Å². The Bertz CT molecular complexity index is 31.8. The Morgan fingerprint density at radius 3 is 1.40 bits per heavy atom. The predicted molar refractivity (Wildman–Crippen MR) is 6.10 cm³/mol. The zero-order chi connectivity index (χ0) is 2.71. The van der Waals surface area contributed by atoms with Crippen molar-refractivity contribution in [1.82, 2.24) is 0 Å². The topological polar surface area (TPSA) is 65.6 Å². The second-order valence-corrected chi connectivity index (χ2v) is 0.260. The molecule has 29 valence electrons. The van der Waals surface area contributed by atoms with Crippen molar-refractivity contribution in [2.45, 2.75) is 0 Å². The van der Waals surface area contributed by atoms with Gasteiger partial charge >= 0.3 is 73.9 Å². The average molecular weight is 145 g/mol. The summed E-state index contributed by atoms with van der Waals surface area (Å²) in [5.41, 5.74) is 0. The Morgan fingerprint density at radius 1 is 1.40 bits per heavy atom. The van der Waals surface area contributed by atoms with E-state index in [0.717, 1.165) is 0 Å². The van der Waals surface area contributed by atoms with Crippen LogP contribution < -0.4 is 51.4 Å². The van der Waals surface area contributed by atoms with Gasteiger partial charge in [0.25, 0.3) is 0 Å². The van der Waals surface area contributed by atoms with Gasteiger partial charge in [-0.3, -0.25) is 0 Å². The van der Waals surface area contributed by atoms with E-state index in [-0.39, 0.29) is 58.3 Å². The predicted octanol–water partition coefficient (Wildman–Crippen LogP) is -3.95. The normalized spacial score (nSPS) is 2.40. The first kappa shape index (κ1) is 15.9. The molecule has 0 spiro atoms. The number of hydrogen-bond donors (Lipinski definition) is 0. The van der Waals surface area contributed by atoms with E-state index in [1.165, 1.54) is 0 Å². The summed E-state index contributed by atoms with van der Waals surface area (Å²) in [5.74, 6) is 0. The maximum absolute atomic E-state index is 8.41. The molecule has 0 rings (SSSR count). The number of rotatable bonds is 0. The third-order valence-corrected chi connectivity index (χ3v) is 0. The molecule has 5 heavy (non-hydrogen) atoms. The van der Waals surface area contributed by atoms with Crippen molar-refractivity contribution in [2.75, 3.05) is 0 Å². The van der Waals surface area contributed by atoms with Crippen molar-refractivity contribution >= 4 is 0 Å². The molecule has 0 aromatic heterocycles. The van der Waals surface area contributed by atoms with Crippen molar-refractivity contribution in [1.29, 1.82) is 0 Å². The molecule has 0 radical (unpaired) electrons. The summed E-state index contributed by atoms with van der Waals surface area (Å²) in [7, 11) is 0. The minimum absolute atomic E-state index is 0. The Morgan fingerprint density at radius 2 is 1.40 bits per heavy atom. The van der Waals surface area contributed by atoms with E-state index in [0.29, 0.717) is 0 Å². The van der Waals surface area contributed by atoms with E-state index in [1.807, 2.05) is 0 Å². The summed E-state index contributed by atoms with van der Waals surface area (Å²) in [6, 6.07) is 0. The van der Waals surface area contributed by atoms with Crippen LogP contribution in [0.25, 0.3) is 0 Å². The van der Waals surface area contributed by atoms with Crippen LogP contribution in [0.15, 0.2) is 0 Å². The first-order chi connectivity index (χ1) is 1.41. The van der Waals surface area contributed by atoms with E-state index in [4.69, 9.17) is 7.67 Å². The summed E-state index contributed by atoms with van der Waals surface area (Å²) in [5, 5.41) is 0. The SMILES string of the molecule is O.[H-].[K+].[O]=[Mn]=[O]. The van der Waals surface area contributed by atoms with Gasteiger partial charge < -0.3 is 6.90 Å². The van der Waals surface area contributed by atoms with Crippen molar-refractivity contribution < 1.29 is 80.8 Å². The third-order valence-electron chi connectivity index (χ3n) is 0. The molecule has 0 saturated carbocycles. The van der Waals surface area contributed by atoms with Crippen LogP contribution in [0.5, 0.6) is 0 Å². The van der Waals surface area contributed by atoms with E-state index < -0.39 is 14.8 Å². The van der Waals surface area contributed by atoms with Gasteiger partial charge in [0.05, 0.1) is 0 Å². The van der Waals surface area contributed by atoms with Crippen molar-refractivity contribution in [3.05, 3.63) is 0 Å². The van der Waals surface area contributed by atoms with Gasteiger partial charge in [0, 0.05) is 0 Å². The second-order valence-electron chi connectivity index (χ2n) is 0.0630. The summed E-state index contributed by atoms with van der Waals surface area (Å²) in [6.07, 6.45) is 0. The Balaban J connectivity index is -0.00000000667. The maximum atomic E-state index is 8.41. The van der Waals surface area contributed by atoms with Crippen LogP contribution in [0, 0.1) is 0 Å². The fraction of sp³-hybridized carbons (Fsp3) is 0. The average Bonchev–Trinajstić information content (AvgIpc) is 0.918. The zero-order valence-corrected chi connectivity index (χ0v) is 7.00. The van der Waals surface area contributed by atoms with Crippen LogP contribution >= 0.6 is 0 Å². The van der Waals surface area contributed by atoms with E-state index in [2.05, 4.69) is 0 Å². The van der Waals surface area contributed by atoms with E-state index >= 15 is 0 Å². The molecule has 3 nitrogen and oxygen atoms in total. The Labute approximate surface area is 79.3 Å². The van der Waals surface area contributed by atoms with Crippen molar-refractivity contribution in [3.63, 3.8) is 0 Å². The molecule has 0 unspecified atom stereocenters. The van der Waals surface area contributed by atoms with Crippen LogP contribution in [0.2, 0.25) is 0 Å². The van der Waals surface area contributed by atoms with Crippen LogP contribution in [0.3, 0.4) is 0 Å². The summed E-state index contributed by atoms with van der Waals surface area (Å²) in [4.78, 5) is 0. The molecule has 5 heteroatoms. The van der Waals surface area contributed by atoms with Gasteiger partial charge in [-0.2, -0.15) is 0 Å². The van der Waals surface area contributed by atoms with E-state index in [1.54, 1.807) is 0 Å². The van der Waals surface area contributed by atoms with Crippen LogP contribution in [-0.4, -0.2) is 5.48 Å². The number of hydrogen-bond acceptors (Lipinski definition) is 2. The van der Waals surface area contributed by atoms with Crippen molar-refractivity contribution in [2.24, 2.45) is 0 Å². The fourth-order valence-electron chi connectivity index (χ4n) is 0. The monoisotopic (exact) mass is 145 g/mol. The molecule has 0 aliphatic heterocycles. The van der Waals surface area contributed by atoms with E-state index in [9.17, 15) is 0 Å². The van der Waals surface area contributed by atoms with Crippen LogP contribution in [0.4, 0.5) is 0 Å². The fourth-order valence-corrected chi connectivity index (χ4v) is 0. The molecule has 0 aromatic rings. The first-order valence-corrected chi connectivity index (χ1v) is 1.27. The zero-order valence-electron chi connectivity index (χ0n) is 3.69. The molecule has 0 aromatic carbocycles. The van der Waals surface area contributed by atoms with Gasteiger partial charge in [0.2, 0.25) is 0 Å². The van der Waals surface area contributed by atoms with Gasteiger partial charge in [-0.15, -0.1) is 0 Å². The molecule has 0 amide bonds. The quantitative estimate of drug-likeness (QED) is 0.326. The van der Waals surface area contributed by atoms with Gasteiger partial charge in [-0.25, -0.2) is 0 Å². The second kappa shape index (κ2) is 17.2. The summed E-state index contributed by atoms with van der Waals surface area (Å²) < 4.78 is 16.8. The minimum atomic E-state index is -1.44.